The molecular formula is C27H17NO. The molecule has 0 atom stereocenters. The van der Waals surface area contributed by atoms with Gasteiger partial charge in [0.2, 0.25) is 0 Å². The maximum Gasteiger partial charge on any atom is 0.175 e. The van der Waals surface area contributed by atoms with E-state index >= 15 is 0 Å². The van der Waals surface area contributed by atoms with E-state index in [2.05, 4.69) is 84.0 Å². The molecule has 2 heteroatoms. The van der Waals surface area contributed by atoms with E-state index < -0.39 is 0 Å². The molecule has 0 saturated carbocycles. The number of aromatic nitrogens is 1. The predicted octanol–water partition coefficient (Wildman–Crippen LogP) is 7.47. The van der Waals surface area contributed by atoms with Crippen LogP contribution < -0.4 is 0 Å². The first-order chi connectivity index (χ1) is 14.4. The predicted molar refractivity (Wildman–Crippen MR) is 120 cm³/mol. The van der Waals surface area contributed by atoms with Crippen molar-refractivity contribution in [2.75, 3.05) is 0 Å². The first kappa shape index (κ1) is 16.1. The lowest BCUT2D eigenvalue weighted by atomic mass is 9.95. The van der Waals surface area contributed by atoms with E-state index in [-0.39, 0.29) is 0 Å². The van der Waals surface area contributed by atoms with E-state index in [4.69, 9.17) is 4.52 Å². The maximum atomic E-state index is 5.92. The van der Waals surface area contributed by atoms with Gasteiger partial charge in [0.25, 0.3) is 0 Å². The van der Waals surface area contributed by atoms with Gasteiger partial charge < -0.3 is 4.52 Å². The Kier molecular flexibility index (Phi) is 3.50. The van der Waals surface area contributed by atoms with Gasteiger partial charge in [-0.2, -0.15) is 0 Å². The molecule has 6 rings (SSSR count). The second-order valence-electron chi connectivity index (χ2n) is 7.31. The van der Waals surface area contributed by atoms with Crippen molar-refractivity contribution in [3.8, 4) is 22.4 Å². The molecule has 0 bridgehead atoms. The zero-order chi connectivity index (χ0) is 19.2. The van der Waals surface area contributed by atoms with Crippen LogP contribution in [0.3, 0.4) is 0 Å². The van der Waals surface area contributed by atoms with Gasteiger partial charge in [-0.3, -0.25) is 0 Å². The van der Waals surface area contributed by atoms with Gasteiger partial charge in [0.1, 0.15) is 5.69 Å². The van der Waals surface area contributed by atoms with E-state index in [1.807, 2.05) is 24.3 Å². The van der Waals surface area contributed by atoms with E-state index in [1.165, 1.54) is 21.9 Å². The average molecular weight is 371 g/mol. The summed E-state index contributed by atoms with van der Waals surface area (Å²) in [6, 6.07) is 35.9. The molecule has 0 radical (unpaired) electrons. The SMILES string of the molecule is c1ccc(-c2ccc3ccc4ccc5c(-c6ccccc6)noc5c4c3c2)cc1. The Labute approximate surface area is 168 Å². The van der Waals surface area contributed by atoms with E-state index in [1.54, 1.807) is 0 Å². The Hall–Kier alpha value is -3.91. The van der Waals surface area contributed by atoms with Crippen LogP contribution >= 0.6 is 0 Å². The fourth-order valence-corrected chi connectivity index (χ4v) is 4.15. The molecule has 0 aliphatic heterocycles. The number of fused-ring (bicyclic) bond motifs is 5. The van der Waals surface area contributed by atoms with Crippen LogP contribution in [0.15, 0.2) is 108 Å². The third-order valence-corrected chi connectivity index (χ3v) is 5.59. The summed E-state index contributed by atoms with van der Waals surface area (Å²) in [5, 5.41) is 10.1. The number of benzene rings is 5. The van der Waals surface area contributed by atoms with Crippen molar-refractivity contribution in [2.24, 2.45) is 0 Å². The summed E-state index contributed by atoms with van der Waals surface area (Å²) in [4.78, 5) is 0. The molecule has 2 nitrogen and oxygen atoms in total. The van der Waals surface area contributed by atoms with Crippen LogP contribution in [0.2, 0.25) is 0 Å². The highest BCUT2D eigenvalue weighted by Crippen LogP contribution is 2.37. The standard InChI is InChI=1S/C27H17NO/c1-3-7-18(8-4-1)22-14-12-19-11-13-20-15-16-23-26(21-9-5-2-6-10-21)28-29-27(23)25(20)24(19)17-22/h1-17H. The van der Waals surface area contributed by atoms with Crippen LogP contribution in [0, 0.1) is 0 Å². The first-order valence-corrected chi connectivity index (χ1v) is 9.74. The van der Waals surface area contributed by atoms with Gasteiger partial charge in [0, 0.05) is 10.9 Å². The van der Waals surface area contributed by atoms with Gasteiger partial charge >= 0.3 is 0 Å². The second-order valence-corrected chi connectivity index (χ2v) is 7.31. The topological polar surface area (TPSA) is 26.0 Å². The van der Waals surface area contributed by atoms with Crippen LogP contribution in [0.5, 0.6) is 0 Å². The van der Waals surface area contributed by atoms with Gasteiger partial charge in [-0.15, -0.1) is 0 Å². The van der Waals surface area contributed by atoms with Crippen molar-refractivity contribution in [1.29, 1.82) is 0 Å². The highest BCUT2D eigenvalue weighted by Gasteiger charge is 2.15. The molecular weight excluding hydrogens is 354 g/mol. The molecule has 29 heavy (non-hydrogen) atoms. The molecule has 136 valence electrons. The molecule has 0 saturated heterocycles. The molecule has 6 aromatic rings. The highest BCUT2D eigenvalue weighted by atomic mass is 16.5. The minimum absolute atomic E-state index is 0.845. The van der Waals surface area contributed by atoms with E-state index in [0.29, 0.717) is 0 Å². The molecule has 0 aliphatic rings. The van der Waals surface area contributed by atoms with E-state index in [0.717, 1.165) is 33.0 Å². The summed E-state index contributed by atoms with van der Waals surface area (Å²) < 4.78 is 5.92. The molecule has 0 N–H and O–H groups in total. The van der Waals surface area contributed by atoms with Gasteiger partial charge in [-0.25, -0.2) is 0 Å². The third kappa shape index (κ3) is 2.54. The Morgan fingerprint density at radius 2 is 1.17 bits per heavy atom. The van der Waals surface area contributed by atoms with Crippen molar-refractivity contribution in [3.05, 3.63) is 103 Å². The number of hydrogen-bond acceptors (Lipinski definition) is 2. The van der Waals surface area contributed by atoms with Gasteiger partial charge in [-0.1, -0.05) is 96.2 Å². The lowest BCUT2D eigenvalue weighted by Crippen LogP contribution is -1.82. The van der Waals surface area contributed by atoms with Crippen molar-refractivity contribution in [1.82, 2.24) is 5.16 Å². The van der Waals surface area contributed by atoms with E-state index in [9.17, 15) is 0 Å². The summed E-state index contributed by atoms with van der Waals surface area (Å²) in [6.45, 7) is 0. The van der Waals surface area contributed by atoms with Gasteiger partial charge in [0.15, 0.2) is 5.58 Å². The highest BCUT2D eigenvalue weighted by molar-refractivity contribution is 6.20. The summed E-state index contributed by atoms with van der Waals surface area (Å²) >= 11 is 0. The maximum absolute atomic E-state index is 5.92. The molecule has 0 fully saturated rings. The number of rotatable bonds is 2. The molecule has 5 aromatic carbocycles. The lowest BCUT2D eigenvalue weighted by Gasteiger charge is -2.08. The van der Waals surface area contributed by atoms with Crippen molar-refractivity contribution < 1.29 is 4.52 Å². The smallest absolute Gasteiger partial charge is 0.175 e. The summed E-state index contributed by atoms with van der Waals surface area (Å²) in [5.74, 6) is 0. The number of hydrogen-bond donors (Lipinski definition) is 0. The monoisotopic (exact) mass is 371 g/mol. The van der Waals surface area contributed by atoms with Crippen LogP contribution in [0.1, 0.15) is 0 Å². The fraction of sp³-hybridized carbons (Fsp3) is 0. The minimum atomic E-state index is 0.845. The Balaban J connectivity index is 1.68. The van der Waals surface area contributed by atoms with Crippen LogP contribution in [0.4, 0.5) is 0 Å². The first-order valence-electron chi connectivity index (χ1n) is 9.74. The normalized spacial score (nSPS) is 11.4. The zero-order valence-corrected chi connectivity index (χ0v) is 15.7. The second kappa shape index (κ2) is 6.32. The molecule has 0 amide bonds. The summed E-state index contributed by atoms with van der Waals surface area (Å²) in [6.07, 6.45) is 0. The largest absolute Gasteiger partial charge is 0.355 e. The van der Waals surface area contributed by atoms with Crippen molar-refractivity contribution in [3.63, 3.8) is 0 Å². The fourth-order valence-electron chi connectivity index (χ4n) is 4.15. The molecule has 0 unspecified atom stereocenters. The average Bonchev–Trinajstić information content (AvgIpc) is 3.24. The summed E-state index contributed by atoms with van der Waals surface area (Å²) in [7, 11) is 0. The van der Waals surface area contributed by atoms with Crippen molar-refractivity contribution >= 4 is 32.5 Å². The minimum Gasteiger partial charge on any atom is -0.355 e. The third-order valence-electron chi connectivity index (χ3n) is 5.59. The Morgan fingerprint density at radius 1 is 0.517 bits per heavy atom. The van der Waals surface area contributed by atoms with Crippen LogP contribution in [-0.2, 0) is 0 Å². The lowest BCUT2D eigenvalue weighted by molar-refractivity contribution is 0.462. The molecule has 1 heterocycles. The van der Waals surface area contributed by atoms with Gasteiger partial charge in [0.05, 0.1) is 5.39 Å². The molecule has 0 aliphatic carbocycles. The zero-order valence-electron chi connectivity index (χ0n) is 15.7. The molecule has 1 aromatic heterocycles. The summed E-state index contributed by atoms with van der Waals surface area (Å²) in [5.41, 5.74) is 5.21. The van der Waals surface area contributed by atoms with Gasteiger partial charge in [-0.05, 0) is 39.4 Å². The van der Waals surface area contributed by atoms with Crippen LogP contribution in [0.25, 0.3) is 54.9 Å². The van der Waals surface area contributed by atoms with Crippen molar-refractivity contribution in [2.45, 2.75) is 0 Å². The molecule has 0 spiro atoms. The van der Waals surface area contributed by atoms with Crippen LogP contribution in [-0.4, -0.2) is 5.16 Å². The Bertz CT molecular complexity index is 1480. The number of nitrogens with zero attached hydrogens (tertiary/aromatic N) is 1. The Morgan fingerprint density at radius 3 is 1.97 bits per heavy atom. The quantitative estimate of drug-likeness (QED) is 0.295.